The Balaban J connectivity index is 1.74. The minimum absolute atomic E-state index is 0.231. The average molecular weight is 352 g/mol. The molecular weight excluding hydrogens is 336 g/mol. The van der Waals surface area contributed by atoms with Crippen molar-refractivity contribution < 1.29 is 13.2 Å². The van der Waals surface area contributed by atoms with Crippen molar-refractivity contribution in [2.24, 2.45) is 0 Å². The number of rotatable bonds is 5. The fourth-order valence-corrected chi connectivity index (χ4v) is 2.91. The standard InChI is InChI=1S/C19H16N2O3S/c1-2-25(23,24)21-18-11-9-17(10-12-18)20-19(22)16-8-7-14-5-3-4-6-15(14)13-16/h2-13,21H,1H2,(H,20,22). The van der Waals surface area contributed by atoms with Crippen LogP contribution in [-0.4, -0.2) is 14.3 Å². The molecule has 1 amide bonds. The van der Waals surface area contributed by atoms with Crippen LogP contribution in [0.2, 0.25) is 0 Å². The van der Waals surface area contributed by atoms with Crippen molar-refractivity contribution in [1.82, 2.24) is 0 Å². The zero-order chi connectivity index (χ0) is 17.9. The third kappa shape index (κ3) is 4.05. The summed E-state index contributed by atoms with van der Waals surface area (Å²) in [5.41, 5.74) is 1.51. The molecule has 25 heavy (non-hydrogen) atoms. The van der Waals surface area contributed by atoms with Gasteiger partial charge in [0.05, 0.1) is 0 Å². The summed E-state index contributed by atoms with van der Waals surface area (Å²) >= 11 is 0. The van der Waals surface area contributed by atoms with Crippen molar-refractivity contribution in [2.75, 3.05) is 10.0 Å². The van der Waals surface area contributed by atoms with Crippen LogP contribution in [0, 0.1) is 0 Å². The van der Waals surface area contributed by atoms with Crippen LogP contribution in [0.4, 0.5) is 11.4 Å². The second-order valence-corrected chi connectivity index (χ2v) is 7.03. The van der Waals surface area contributed by atoms with Crippen LogP contribution in [-0.2, 0) is 10.0 Å². The van der Waals surface area contributed by atoms with E-state index in [1.165, 1.54) is 0 Å². The zero-order valence-electron chi connectivity index (χ0n) is 13.3. The van der Waals surface area contributed by atoms with Gasteiger partial charge in [-0.1, -0.05) is 36.9 Å². The fraction of sp³-hybridized carbons (Fsp3) is 0. The minimum Gasteiger partial charge on any atom is -0.322 e. The molecule has 0 aliphatic rings. The van der Waals surface area contributed by atoms with Gasteiger partial charge >= 0.3 is 0 Å². The van der Waals surface area contributed by atoms with Crippen molar-refractivity contribution in [3.63, 3.8) is 0 Å². The Hall–Kier alpha value is -3.12. The molecule has 2 N–H and O–H groups in total. The van der Waals surface area contributed by atoms with Crippen LogP contribution >= 0.6 is 0 Å². The van der Waals surface area contributed by atoms with Crippen molar-refractivity contribution >= 4 is 38.1 Å². The van der Waals surface area contributed by atoms with Gasteiger partial charge in [0.2, 0.25) is 0 Å². The van der Waals surface area contributed by atoms with Crippen LogP contribution in [0.5, 0.6) is 0 Å². The minimum atomic E-state index is -3.55. The summed E-state index contributed by atoms with van der Waals surface area (Å²) in [5.74, 6) is -0.231. The highest BCUT2D eigenvalue weighted by atomic mass is 32.2. The van der Waals surface area contributed by atoms with Crippen LogP contribution in [0.1, 0.15) is 10.4 Å². The summed E-state index contributed by atoms with van der Waals surface area (Å²) in [6, 6.07) is 19.7. The molecule has 3 aromatic carbocycles. The molecule has 5 nitrogen and oxygen atoms in total. The number of amides is 1. The maximum Gasteiger partial charge on any atom is 0.255 e. The van der Waals surface area contributed by atoms with E-state index in [0.29, 0.717) is 16.9 Å². The Labute approximate surface area is 146 Å². The average Bonchev–Trinajstić information content (AvgIpc) is 2.62. The van der Waals surface area contributed by atoms with E-state index in [4.69, 9.17) is 0 Å². The molecule has 0 heterocycles. The summed E-state index contributed by atoms with van der Waals surface area (Å²) in [6.07, 6.45) is 0. The Morgan fingerprint density at radius 2 is 1.52 bits per heavy atom. The number of sulfonamides is 1. The number of nitrogens with one attached hydrogen (secondary N) is 2. The number of hydrogen-bond donors (Lipinski definition) is 2. The number of hydrogen-bond acceptors (Lipinski definition) is 3. The monoisotopic (exact) mass is 352 g/mol. The van der Waals surface area contributed by atoms with Crippen molar-refractivity contribution in [3.05, 3.63) is 84.3 Å². The van der Waals surface area contributed by atoms with Crippen LogP contribution in [0.25, 0.3) is 10.8 Å². The number of fused-ring (bicyclic) bond motifs is 1. The molecule has 126 valence electrons. The first-order chi connectivity index (χ1) is 12.0. The highest BCUT2D eigenvalue weighted by molar-refractivity contribution is 7.95. The van der Waals surface area contributed by atoms with E-state index < -0.39 is 10.0 Å². The van der Waals surface area contributed by atoms with E-state index >= 15 is 0 Å². The Morgan fingerprint density at radius 3 is 2.20 bits per heavy atom. The Kier molecular flexibility index (Phi) is 4.54. The largest absolute Gasteiger partial charge is 0.322 e. The molecule has 0 aromatic heterocycles. The molecular formula is C19H16N2O3S. The van der Waals surface area contributed by atoms with Crippen LogP contribution in [0.3, 0.4) is 0 Å². The third-order valence-corrected chi connectivity index (χ3v) is 4.59. The van der Waals surface area contributed by atoms with Crippen molar-refractivity contribution in [2.45, 2.75) is 0 Å². The van der Waals surface area contributed by atoms with Gasteiger partial charge in [-0.2, -0.15) is 0 Å². The zero-order valence-corrected chi connectivity index (χ0v) is 14.1. The van der Waals surface area contributed by atoms with Gasteiger partial charge in [0.1, 0.15) is 0 Å². The topological polar surface area (TPSA) is 75.3 Å². The summed E-state index contributed by atoms with van der Waals surface area (Å²) in [5, 5.41) is 5.68. The fourth-order valence-electron chi connectivity index (χ4n) is 2.36. The van der Waals surface area contributed by atoms with Crippen molar-refractivity contribution in [3.8, 4) is 0 Å². The van der Waals surface area contributed by atoms with Gasteiger partial charge in [-0.3, -0.25) is 9.52 Å². The van der Waals surface area contributed by atoms with Gasteiger partial charge in [0, 0.05) is 22.3 Å². The number of benzene rings is 3. The molecule has 0 unspecified atom stereocenters. The van der Waals surface area contributed by atoms with E-state index in [9.17, 15) is 13.2 Å². The van der Waals surface area contributed by atoms with E-state index in [-0.39, 0.29) is 5.91 Å². The van der Waals surface area contributed by atoms with Gasteiger partial charge in [0.15, 0.2) is 0 Å². The second-order valence-electron chi connectivity index (χ2n) is 5.41. The lowest BCUT2D eigenvalue weighted by atomic mass is 10.1. The van der Waals surface area contributed by atoms with E-state index in [1.807, 2.05) is 36.4 Å². The maximum absolute atomic E-state index is 12.4. The number of carbonyl (C=O) groups is 1. The third-order valence-electron chi connectivity index (χ3n) is 3.63. The predicted octanol–water partition coefficient (Wildman–Crippen LogP) is 3.98. The lowest BCUT2D eigenvalue weighted by Gasteiger charge is -2.08. The summed E-state index contributed by atoms with van der Waals surface area (Å²) < 4.78 is 25.2. The summed E-state index contributed by atoms with van der Waals surface area (Å²) in [7, 11) is -3.55. The lowest BCUT2D eigenvalue weighted by molar-refractivity contribution is 0.102. The molecule has 6 heteroatoms. The molecule has 0 fully saturated rings. The Morgan fingerprint density at radius 1 is 0.880 bits per heavy atom. The summed E-state index contributed by atoms with van der Waals surface area (Å²) in [4.78, 5) is 12.4. The molecule has 0 saturated carbocycles. The molecule has 0 atom stereocenters. The van der Waals surface area contributed by atoms with E-state index in [1.54, 1.807) is 30.3 Å². The first-order valence-electron chi connectivity index (χ1n) is 7.52. The first kappa shape index (κ1) is 16.7. The quantitative estimate of drug-likeness (QED) is 0.729. The van der Waals surface area contributed by atoms with Crippen LogP contribution < -0.4 is 10.0 Å². The van der Waals surface area contributed by atoms with Gasteiger partial charge in [-0.05, 0) is 47.2 Å². The maximum atomic E-state index is 12.4. The molecule has 3 aromatic rings. The van der Waals surface area contributed by atoms with Gasteiger partial charge in [0.25, 0.3) is 15.9 Å². The van der Waals surface area contributed by atoms with Crippen molar-refractivity contribution in [1.29, 1.82) is 0 Å². The smallest absolute Gasteiger partial charge is 0.255 e. The molecule has 3 rings (SSSR count). The second kappa shape index (κ2) is 6.78. The molecule has 0 aliphatic heterocycles. The van der Waals surface area contributed by atoms with Gasteiger partial charge in [-0.25, -0.2) is 8.42 Å². The number of anilines is 2. The highest BCUT2D eigenvalue weighted by Gasteiger charge is 2.08. The van der Waals surface area contributed by atoms with Crippen LogP contribution in [0.15, 0.2) is 78.7 Å². The lowest BCUT2D eigenvalue weighted by Crippen LogP contribution is -2.12. The van der Waals surface area contributed by atoms with Gasteiger partial charge in [-0.15, -0.1) is 0 Å². The van der Waals surface area contributed by atoms with E-state index in [0.717, 1.165) is 16.2 Å². The molecule has 0 saturated heterocycles. The Bertz CT molecular complexity index is 1040. The number of carbonyl (C=O) groups excluding carboxylic acids is 1. The summed E-state index contributed by atoms with van der Waals surface area (Å²) in [6.45, 7) is 3.23. The predicted molar refractivity (Wildman–Crippen MR) is 101 cm³/mol. The van der Waals surface area contributed by atoms with E-state index in [2.05, 4.69) is 16.6 Å². The molecule has 0 aliphatic carbocycles. The SMILES string of the molecule is C=CS(=O)(=O)Nc1ccc(NC(=O)c2ccc3ccccc3c2)cc1. The molecule has 0 spiro atoms. The highest BCUT2D eigenvalue weighted by Crippen LogP contribution is 2.18. The molecule has 0 bridgehead atoms. The first-order valence-corrected chi connectivity index (χ1v) is 9.07. The van der Waals surface area contributed by atoms with Gasteiger partial charge < -0.3 is 5.32 Å². The molecule has 0 radical (unpaired) electrons. The normalized spacial score (nSPS) is 11.0.